The first kappa shape index (κ1) is 25.2. The van der Waals surface area contributed by atoms with Gasteiger partial charge in [0.05, 0.1) is 19.3 Å². The Morgan fingerprint density at radius 3 is 2.65 bits per heavy atom. The van der Waals surface area contributed by atoms with E-state index in [0.29, 0.717) is 21.9 Å². The number of carbonyl (C=O) groups excluding carboxylic acids is 4. The average molecular weight is 489 g/mol. The Morgan fingerprint density at radius 1 is 1.15 bits per heavy atom. The Labute approximate surface area is 201 Å². The lowest BCUT2D eigenvalue weighted by Crippen LogP contribution is -2.36. The lowest BCUT2D eigenvalue weighted by atomic mass is 9.95. The SMILES string of the molecule is CCOC(=O)c1c(NC(=O)C(C)OC(=O)CNC(=O)c2cccc(OC)c2)sc2c1CCCC2. The zero-order chi connectivity index (χ0) is 24.7. The van der Waals surface area contributed by atoms with E-state index in [9.17, 15) is 19.2 Å². The normalized spacial score (nSPS) is 13.3. The second kappa shape index (κ2) is 11.6. The monoisotopic (exact) mass is 488 g/mol. The molecule has 0 radical (unpaired) electrons. The molecule has 9 nitrogen and oxygen atoms in total. The molecule has 2 aromatic rings. The number of esters is 2. The van der Waals surface area contributed by atoms with Crippen LogP contribution >= 0.6 is 11.3 Å². The fourth-order valence-corrected chi connectivity index (χ4v) is 4.88. The van der Waals surface area contributed by atoms with Gasteiger partial charge in [0.1, 0.15) is 17.3 Å². The van der Waals surface area contributed by atoms with Crippen LogP contribution in [0.4, 0.5) is 5.00 Å². The van der Waals surface area contributed by atoms with Gasteiger partial charge in [-0.1, -0.05) is 6.07 Å². The second-order valence-corrected chi connectivity index (χ2v) is 8.78. The van der Waals surface area contributed by atoms with Crippen molar-refractivity contribution in [3.05, 3.63) is 45.8 Å². The first-order chi connectivity index (χ1) is 16.3. The highest BCUT2D eigenvalue weighted by Gasteiger charge is 2.28. The lowest BCUT2D eigenvalue weighted by molar-refractivity contribution is -0.152. The van der Waals surface area contributed by atoms with Crippen molar-refractivity contribution in [1.29, 1.82) is 0 Å². The van der Waals surface area contributed by atoms with Crippen LogP contribution in [0, 0.1) is 0 Å². The molecule has 0 aliphatic heterocycles. The average Bonchev–Trinajstić information content (AvgIpc) is 3.20. The topological polar surface area (TPSA) is 120 Å². The molecule has 2 N–H and O–H groups in total. The highest BCUT2D eigenvalue weighted by Crippen LogP contribution is 2.38. The van der Waals surface area contributed by atoms with E-state index in [1.54, 1.807) is 31.2 Å². The van der Waals surface area contributed by atoms with E-state index in [0.717, 1.165) is 36.1 Å². The Morgan fingerprint density at radius 2 is 1.91 bits per heavy atom. The van der Waals surface area contributed by atoms with Crippen LogP contribution in [0.15, 0.2) is 24.3 Å². The minimum absolute atomic E-state index is 0.229. The van der Waals surface area contributed by atoms with Crippen molar-refractivity contribution < 1.29 is 33.4 Å². The summed E-state index contributed by atoms with van der Waals surface area (Å²) in [5.41, 5.74) is 1.64. The van der Waals surface area contributed by atoms with Crippen molar-refractivity contribution in [2.75, 3.05) is 25.6 Å². The maximum atomic E-state index is 12.7. The van der Waals surface area contributed by atoms with Crippen LogP contribution in [0.5, 0.6) is 5.75 Å². The molecule has 182 valence electrons. The van der Waals surface area contributed by atoms with Crippen LogP contribution in [0.1, 0.15) is 57.8 Å². The number of hydrogen-bond acceptors (Lipinski definition) is 8. The predicted molar refractivity (Wildman–Crippen MR) is 126 cm³/mol. The number of hydrogen-bond donors (Lipinski definition) is 2. The number of fused-ring (bicyclic) bond motifs is 1. The minimum atomic E-state index is -1.13. The van der Waals surface area contributed by atoms with E-state index in [2.05, 4.69) is 10.6 Å². The fourth-order valence-electron chi connectivity index (χ4n) is 3.60. The van der Waals surface area contributed by atoms with E-state index in [1.165, 1.54) is 25.4 Å². The molecule has 10 heteroatoms. The van der Waals surface area contributed by atoms with Crippen LogP contribution in [-0.2, 0) is 31.9 Å². The summed E-state index contributed by atoms with van der Waals surface area (Å²) in [7, 11) is 1.49. The van der Waals surface area contributed by atoms with Crippen LogP contribution in [0.25, 0.3) is 0 Å². The van der Waals surface area contributed by atoms with Crippen molar-refractivity contribution in [2.24, 2.45) is 0 Å². The number of methoxy groups -OCH3 is 1. The number of rotatable bonds is 9. The highest BCUT2D eigenvalue weighted by atomic mass is 32.1. The molecule has 0 bridgehead atoms. The molecule has 1 atom stereocenters. The predicted octanol–water partition coefficient (Wildman–Crippen LogP) is 3.11. The Hall–Kier alpha value is -3.40. The number of nitrogens with one attached hydrogen (secondary N) is 2. The van der Waals surface area contributed by atoms with Gasteiger partial charge in [-0.15, -0.1) is 11.3 Å². The Balaban J connectivity index is 1.58. The van der Waals surface area contributed by atoms with Crippen LogP contribution < -0.4 is 15.4 Å². The molecule has 1 aromatic heterocycles. The van der Waals surface area contributed by atoms with E-state index >= 15 is 0 Å². The van der Waals surface area contributed by atoms with Gasteiger partial charge in [-0.3, -0.25) is 14.4 Å². The molecule has 1 unspecified atom stereocenters. The highest BCUT2D eigenvalue weighted by molar-refractivity contribution is 7.17. The van der Waals surface area contributed by atoms with Gasteiger partial charge in [-0.2, -0.15) is 0 Å². The molecule has 1 aromatic carbocycles. The number of carbonyl (C=O) groups is 4. The summed E-state index contributed by atoms with van der Waals surface area (Å²) >= 11 is 1.36. The number of benzene rings is 1. The maximum absolute atomic E-state index is 12.7. The zero-order valence-electron chi connectivity index (χ0n) is 19.4. The third kappa shape index (κ3) is 6.13. The quantitative estimate of drug-likeness (QED) is 0.521. The van der Waals surface area contributed by atoms with Gasteiger partial charge in [-0.05, 0) is 63.3 Å². The summed E-state index contributed by atoms with van der Waals surface area (Å²) in [6, 6.07) is 6.48. The van der Waals surface area contributed by atoms with Crippen molar-refractivity contribution in [1.82, 2.24) is 5.32 Å². The van der Waals surface area contributed by atoms with Crippen molar-refractivity contribution in [3.63, 3.8) is 0 Å². The maximum Gasteiger partial charge on any atom is 0.341 e. The summed E-state index contributed by atoms with van der Waals surface area (Å²) in [5.74, 6) is -1.78. The van der Waals surface area contributed by atoms with Gasteiger partial charge in [-0.25, -0.2) is 4.79 Å². The van der Waals surface area contributed by atoms with Gasteiger partial charge < -0.3 is 24.8 Å². The summed E-state index contributed by atoms with van der Waals surface area (Å²) in [5, 5.41) is 5.58. The summed E-state index contributed by atoms with van der Waals surface area (Å²) in [4.78, 5) is 50.7. The smallest absolute Gasteiger partial charge is 0.341 e. The van der Waals surface area contributed by atoms with Crippen LogP contribution in [0.3, 0.4) is 0 Å². The first-order valence-electron chi connectivity index (χ1n) is 11.1. The molecule has 0 saturated carbocycles. The molecule has 2 amide bonds. The molecular weight excluding hydrogens is 460 g/mol. The number of thiophene rings is 1. The molecular formula is C24H28N2O7S. The largest absolute Gasteiger partial charge is 0.497 e. The van der Waals surface area contributed by atoms with Crippen molar-refractivity contribution in [3.8, 4) is 5.75 Å². The van der Waals surface area contributed by atoms with Gasteiger partial charge in [0.25, 0.3) is 11.8 Å². The van der Waals surface area contributed by atoms with Crippen LogP contribution in [-0.4, -0.2) is 50.1 Å². The lowest BCUT2D eigenvalue weighted by Gasteiger charge is -2.14. The Kier molecular flexibility index (Phi) is 8.64. The molecule has 1 aliphatic rings. The molecule has 0 spiro atoms. The van der Waals surface area contributed by atoms with E-state index in [1.807, 2.05) is 0 Å². The van der Waals surface area contributed by atoms with Gasteiger partial charge in [0.15, 0.2) is 6.10 Å². The van der Waals surface area contributed by atoms with Crippen molar-refractivity contribution >= 4 is 40.1 Å². The number of anilines is 1. The molecule has 0 fully saturated rings. The number of ether oxygens (including phenoxy) is 3. The summed E-state index contributed by atoms with van der Waals surface area (Å²) in [6.07, 6.45) is 2.47. The standard InChI is InChI=1S/C24H28N2O7S/c1-4-32-24(30)20-17-10-5-6-11-18(17)34-23(20)26-21(28)14(2)33-19(27)13-25-22(29)15-8-7-9-16(12-15)31-3/h7-9,12,14H,4-6,10-11,13H2,1-3H3,(H,25,29)(H,26,28). The first-order valence-corrected chi connectivity index (χ1v) is 11.9. The number of amides is 2. The van der Waals surface area contributed by atoms with Gasteiger partial charge in [0, 0.05) is 10.4 Å². The molecule has 1 heterocycles. The summed E-state index contributed by atoms with van der Waals surface area (Å²) in [6.45, 7) is 2.97. The molecule has 0 saturated heterocycles. The van der Waals surface area contributed by atoms with Gasteiger partial charge in [0.2, 0.25) is 0 Å². The fraction of sp³-hybridized carbons (Fsp3) is 0.417. The molecule has 3 rings (SSSR count). The van der Waals surface area contributed by atoms with E-state index in [-0.39, 0.29) is 6.61 Å². The van der Waals surface area contributed by atoms with Gasteiger partial charge >= 0.3 is 11.9 Å². The summed E-state index contributed by atoms with van der Waals surface area (Å²) < 4.78 is 15.4. The zero-order valence-corrected chi connectivity index (χ0v) is 20.2. The third-order valence-corrected chi connectivity index (χ3v) is 6.50. The minimum Gasteiger partial charge on any atom is -0.497 e. The van der Waals surface area contributed by atoms with E-state index < -0.39 is 36.4 Å². The number of aryl methyl sites for hydroxylation is 1. The molecule has 1 aliphatic carbocycles. The Bertz CT molecular complexity index is 1080. The third-order valence-electron chi connectivity index (χ3n) is 5.29. The van der Waals surface area contributed by atoms with Crippen LogP contribution in [0.2, 0.25) is 0 Å². The second-order valence-electron chi connectivity index (χ2n) is 7.67. The molecule has 34 heavy (non-hydrogen) atoms. The van der Waals surface area contributed by atoms with Crippen molar-refractivity contribution in [2.45, 2.75) is 45.6 Å². The van der Waals surface area contributed by atoms with E-state index in [4.69, 9.17) is 14.2 Å².